The Kier molecular flexibility index (Phi) is 7.51. The summed E-state index contributed by atoms with van der Waals surface area (Å²) in [6.07, 6.45) is 0. The summed E-state index contributed by atoms with van der Waals surface area (Å²) < 4.78 is 5.66. The second kappa shape index (κ2) is 9.62. The highest BCUT2D eigenvalue weighted by molar-refractivity contribution is 6.35. The smallest absolute Gasteiger partial charge is 0.258 e. The summed E-state index contributed by atoms with van der Waals surface area (Å²) in [5.74, 6) is 0.124. The van der Waals surface area contributed by atoms with Gasteiger partial charge >= 0.3 is 0 Å². The molecule has 2 aromatic rings. The lowest BCUT2D eigenvalue weighted by molar-refractivity contribution is -0.123. The Morgan fingerprint density at radius 3 is 2.37 bits per heavy atom. The van der Waals surface area contributed by atoms with Gasteiger partial charge in [-0.3, -0.25) is 9.59 Å². The number of hydrogen-bond donors (Lipinski definition) is 2. The minimum Gasteiger partial charge on any atom is -0.483 e. The Morgan fingerprint density at radius 2 is 1.63 bits per heavy atom. The fourth-order valence-electron chi connectivity index (χ4n) is 2.48. The molecule has 27 heavy (non-hydrogen) atoms. The number of aryl methyl sites for hydroxylation is 2. The molecule has 0 saturated carbocycles. The zero-order valence-electron chi connectivity index (χ0n) is 15.5. The summed E-state index contributed by atoms with van der Waals surface area (Å²) in [7, 11) is 0. The molecule has 0 atom stereocenters. The molecule has 0 saturated heterocycles. The van der Waals surface area contributed by atoms with Crippen molar-refractivity contribution in [3.63, 3.8) is 0 Å². The number of ether oxygens (including phenoxy) is 1. The van der Waals surface area contributed by atoms with Crippen molar-refractivity contribution in [2.24, 2.45) is 0 Å². The third-order valence-electron chi connectivity index (χ3n) is 4.13. The zero-order chi connectivity index (χ0) is 20.0. The molecule has 0 aliphatic carbocycles. The van der Waals surface area contributed by atoms with Gasteiger partial charge in [0.05, 0.1) is 10.6 Å². The van der Waals surface area contributed by atoms with Crippen LogP contribution in [0.2, 0.25) is 10.0 Å². The van der Waals surface area contributed by atoms with E-state index in [1.54, 1.807) is 12.1 Å². The van der Waals surface area contributed by atoms with Gasteiger partial charge in [-0.1, -0.05) is 35.3 Å². The van der Waals surface area contributed by atoms with Crippen LogP contribution in [0.15, 0.2) is 30.3 Å². The monoisotopic (exact) mass is 408 g/mol. The van der Waals surface area contributed by atoms with E-state index in [0.29, 0.717) is 15.6 Å². The van der Waals surface area contributed by atoms with Crippen LogP contribution in [0.4, 0.5) is 0 Å². The average Bonchev–Trinajstić information content (AvgIpc) is 2.63. The summed E-state index contributed by atoms with van der Waals surface area (Å²) in [6.45, 7) is 6.35. The van der Waals surface area contributed by atoms with Crippen LogP contribution in [0.5, 0.6) is 5.75 Å². The number of carbonyl (C=O) groups excluding carboxylic acids is 2. The largest absolute Gasteiger partial charge is 0.483 e. The van der Waals surface area contributed by atoms with Crippen LogP contribution in [0.3, 0.4) is 0 Å². The van der Waals surface area contributed by atoms with E-state index in [4.69, 9.17) is 27.9 Å². The number of benzene rings is 2. The Bertz CT molecular complexity index is 853. The molecule has 0 spiro atoms. The number of rotatable bonds is 7. The second-order valence-electron chi connectivity index (χ2n) is 6.17. The lowest BCUT2D eigenvalue weighted by Gasteiger charge is -2.14. The van der Waals surface area contributed by atoms with Gasteiger partial charge in [0.25, 0.3) is 11.8 Å². The van der Waals surface area contributed by atoms with E-state index in [1.807, 2.05) is 32.9 Å². The van der Waals surface area contributed by atoms with E-state index in [1.165, 1.54) is 6.07 Å². The molecule has 7 heteroatoms. The molecule has 0 unspecified atom stereocenters. The molecular formula is C20H22Cl2N2O3. The highest BCUT2D eigenvalue weighted by Gasteiger charge is 2.11. The van der Waals surface area contributed by atoms with E-state index in [-0.39, 0.29) is 31.5 Å². The summed E-state index contributed by atoms with van der Waals surface area (Å²) in [5, 5.41) is 6.13. The molecule has 144 valence electrons. The molecule has 0 aliphatic heterocycles. The van der Waals surface area contributed by atoms with Crippen molar-refractivity contribution >= 4 is 35.0 Å². The SMILES string of the molecule is Cc1ccc(C)c(OCC(=O)NCCNC(=O)c2cc(Cl)ccc2Cl)c1C. The van der Waals surface area contributed by atoms with Crippen LogP contribution in [-0.4, -0.2) is 31.5 Å². The molecule has 5 nitrogen and oxygen atoms in total. The standard InChI is InChI=1S/C20H22Cl2N2O3/c1-12-4-5-13(2)19(14(12)3)27-11-18(25)23-8-9-24-20(26)16-10-15(21)6-7-17(16)22/h4-7,10H,8-9,11H2,1-3H3,(H,23,25)(H,24,26). The van der Waals surface area contributed by atoms with E-state index in [9.17, 15) is 9.59 Å². The maximum absolute atomic E-state index is 12.1. The summed E-state index contributed by atoms with van der Waals surface area (Å²) >= 11 is 11.9. The molecule has 0 radical (unpaired) electrons. The molecule has 0 aliphatic rings. The van der Waals surface area contributed by atoms with Crippen molar-refractivity contribution in [2.75, 3.05) is 19.7 Å². The van der Waals surface area contributed by atoms with Crippen LogP contribution in [0.1, 0.15) is 27.0 Å². The van der Waals surface area contributed by atoms with Gasteiger partial charge in [-0.2, -0.15) is 0 Å². The van der Waals surface area contributed by atoms with Gasteiger partial charge in [-0.05, 0) is 55.7 Å². The van der Waals surface area contributed by atoms with E-state index in [0.717, 1.165) is 22.4 Å². The van der Waals surface area contributed by atoms with Crippen molar-refractivity contribution in [2.45, 2.75) is 20.8 Å². The van der Waals surface area contributed by atoms with Crippen LogP contribution in [0.25, 0.3) is 0 Å². The number of halogens is 2. The molecule has 2 amide bonds. The van der Waals surface area contributed by atoms with Gasteiger partial charge in [0.1, 0.15) is 5.75 Å². The first-order valence-corrected chi connectivity index (χ1v) is 9.24. The Hall–Kier alpha value is -2.24. The van der Waals surface area contributed by atoms with Crippen molar-refractivity contribution < 1.29 is 14.3 Å². The van der Waals surface area contributed by atoms with Gasteiger partial charge in [-0.15, -0.1) is 0 Å². The Morgan fingerprint density at radius 1 is 0.963 bits per heavy atom. The normalized spacial score (nSPS) is 10.4. The number of hydrogen-bond acceptors (Lipinski definition) is 3. The lowest BCUT2D eigenvalue weighted by atomic mass is 10.1. The molecule has 2 aromatic carbocycles. The minimum atomic E-state index is -0.348. The average molecular weight is 409 g/mol. The summed E-state index contributed by atoms with van der Waals surface area (Å²) in [5.41, 5.74) is 3.41. The van der Waals surface area contributed by atoms with Gasteiger partial charge in [0, 0.05) is 18.1 Å². The topological polar surface area (TPSA) is 67.4 Å². The highest BCUT2D eigenvalue weighted by atomic mass is 35.5. The van der Waals surface area contributed by atoms with E-state index in [2.05, 4.69) is 10.6 Å². The van der Waals surface area contributed by atoms with Crippen molar-refractivity contribution in [1.82, 2.24) is 10.6 Å². The Labute approximate surface area is 169 Å². The van der Waals surface area contributed by atoms with Crippen LogP contribution in [0, 0.1) is 20.8 Å². The van der Waals surface area contributed by atoms with Crippen LogP contribution >= 0.6 is 23.2 Å². The van der Waals surface area contributed by atoms with E-state index < -0.39 is 0 Å². The lowest BCUT2D eigenvalue weighted by Crippen LogP contribution is -2.37. The third kappa shape index (κ3) is 5.88. The maximum Gasteiger partial charge on any atom is 0.258 e. The fraction of sp³-hybridized carbons (Fsp3) is 0.300. The van der Waals surface area contributed by atoms with Crippen molar-refractivity contribution in [3.8, 4) is 5.75 Å². The summed E-state index contributed by atoms with van der Waals surface area (Å²) in [6, 6.07) is 8.66. The summed E-state index contributed by atoms with van der Waals surface area (Å²) in [4.78, 5) is 24.0. The van der Waals surface area contributed by atoms with Gasteiger partial charge in [-0.25, -0.2) is 0 Å². The number of nitrogens with one attached hydrogen (secondary N) is 2. The van der Waals surface area contributed by atoms with Gasteiger partial charge in [0.2, 0.25) is 0 Å². The maximum atomic E-state index is 12.1. The fourth-order valence-corrected chi connectivity index (χ4v) is 2.86. The second-order valence-corrected chi connectivity index (χ2v) is 7.02. The highest BCUT2D eigenvalue weighted by Crippen LogP contribution is 2.25. The van der Waals surface area contributed by atoms with Crippen LogP contribution < -0.4 is 15.4 Å². The first-order chi connectivity index (χ1) is 12.8. The molecule has 2 N–H and O–H groups in total. The van der Waals surface area contributed by atoms with Gasteiger partial charge < -0.3 is 15.4 Å². The van der Waals surface area contributed by atoms with E-state index >= 15 is 0 Å². The first kappa shape index (κ1) is 21.1. The quantitative estimate of drug-likeness (QED) is 0.683. The number of amides is 2. The number of carbonyl (C=O) groups is 2. The molecule has 0 bridgehead atoms. The zero-order valence-corrected chi connectivity index (χ0v) is 17.0. The molecule has 0 fully saturated rings. The first-order valence-electron chi connectivity index (χ1n) is 8.49. The predicted octanol–water partition coefficient (Wildman–Crippen LogP) is 3.84. The minimum absolute atomic E-state index is 0.0841. The van der Waals surface area contributed by atoms with Crippen molar-refractivity contribution in [3.05, 3.63) is 62.6 Å². The third-order valence-corrected chi connectivity index (χ3v) is 4.69. The predicted molar refractivity (Wildman–Crippen MR) is 108 cm³/mol. The molecule has 2 rings (SSSR count). The molecular weight excluding hydrogens is 387 g/mol. The van der Waals surface area contributed by atoms with Crippen molar-refractivity contribution in [1.29, 1.82) is 0 Å². The van der Waals surface area contributed by atoms with Gasteiger partial charge in [0.15, 0.2) is 6.61 Å². The Balaban J connectivity index is 1.76. The van der Waals surface area contributed by atoms with Crippen LogP contribution in [-0.2, 0) is 4.79 Å². The molecule has 0 aromatic heterocycles. The molecule has 0 heterocycles.